The minimum Gasteiger partial charge on any atom is -0.409 e. The first-order valence-corrected chi connectivity index (χ1v) is 6.21. The first kappa shape index (κ1) is 14.0. The second-order valence-electron chi connectivity index (χ2n) is 4.41. The third-order valence-corrected chi connectivity index (χ3v) is 2.93. The molecule has 0 heterocycles. The number of amidine groups is 1. The van der Waals surface area contributed by atoms with E-state index in [-0.39, 0.29) is 11.7 Å². The highest BCUT2D eigenvalue weighted by molar-refractivity contribution is 5.96. The van der Waals surface area contributed by atoms with Gasteiger partial charge in [-0.05, 0) is 23.3 Å². The van der Waals surface area contributed by atoms with E-state index in [1.165, 1.54) is 12.1 Å². The highest BCUT2D eigenvalue weighted by Crippen LogP contribution is 2.06. The molecular weight excluding hydrogens is 257 g/mol. The van der Waals surface area contributed by atoms with E-state index in [0.29, 0.717) is 18.7 Å². The summed E-state index contributed by atoms with van der Waals surface area (Å²) in [5, 5.41) is 14.8. The molecule has 0 amide bonds. The van der Waals surface area contributed by atoms with Crippen LogP contribution in [0.4, 0.5) is 4.39 Å². The lowest BCUT2D eigenvalue weighted by atomic mass is 10.1. The maximum atomic E-state index is 12.7. The largest absolute Gasteiger partial charge is 0.409 e. The molecule has 0 bridgehead atoms. The van der Waals surface area contributed by atoms with Gasteiger partial charge in [0, 0.05) is 18.7 Å². The molecule has 2 aromatic carbocycles. The predicted molar refractivity (Wildman–Crippen MR) is 75.9 cm³/mol. The lowest BCUT2D eigenvalue weighted by Gasteiger charge is -2.06. The van der Waals surface area contributed by atoms with Crippen LogP contribution in [0.5, 0.6) is 0 Å². The Morgan fingerprint density at radius 2 is 1.50 bits per heavy atom. The summed E-state index contributed by atoms with van der Waals surface area (Å²) in [6.07, 6.45) is 0. The van der Waals surface area contributed by atoms with E-state index in [4.69, 9.17) is 10.9 Å². The normalized spacial score (nSPS) is 11.6. The van der Waals surface area contributed by atoms with Gasteiger partial charge < -0.3 is 16.3 Å². The number of rotatable bonds is 5. The second-order valence-corrected chi connectivity index (χ2v) is 4.41. The summed E-state index contributed by atoms with van der Waals surface area (Å²) in [6.45, 7) is 1.36. The van der Waals surface area contributed by atoms with Crippen molar-refractivity contribution >= 4 is 5.84 Å². The Morgan fingerprint density at radius 1 is 1.00 bits per heavy atom. The maximum Gasteiger partial charge on any atom is 0.170 e. The number of oxime groups is 1. The molecule has 0 aromatic heterocycles. The number of hydrogen-bond donors (Lipinski definition) is 3. The van der Waals surface area contributed by atoms with Crippen molar-refractivity contribution in [2.24, 2.45) is 10.9 Å². The average molecular weight is 273 g/mol. The van der Waals surface area contributed by atoms with Crippen molar-refractivity contribution in [3.8, 4) is 0 Å². The van der Waals surface area contributed by atoms with Crippen LogP contribution in [0.15, 0.2) is 53.7 Å². The van der Waals surface area contributed by atoms with Gasteiger partial charge in [-0.3, -0.25) is 0 Å². The van der Waals surface area contributed by atoms with Gasteiger partial charge >= 0.3 is 0 Å². The summed E-state index contributed by atoms with van der Waals surface area (Å²) in [5.74, 6) is -0.136. The van der Waals surface area contributed by atoms with Gasteiger partial charge in [-0.25, -0.2) is 4.39 Å². The zero-order valence-electron chi connectivity index (χ0n) is 10.9. The van der Waals surface area contributed by atoms with Crippen LogP contribution in [0.2, 0.25) is 0 Å². The zero-order valence-corrected chi connectivity index (χ0v) is 10.9. The van der Waals surface area contributed by atoms with Crippen molar-refractivity contribution in [2.45, 2.75) is 13.1 Å². The maximum absolute atomic E-state index is 12.7. The zero-order chi connectivity index (χ0) is 14.4. The van der Waals surface area contributed by atoms with Crippen LogP contribution in [-0.4, -0.2) is 11.0 Å². The predicted octanol–water partition coefficient (Wildman–Crippen LogP) is 2.21. The summed E-state index contributed by atoms with van der Waals surface area (Å²) in [5.41, 5.74) is 8.27. The van der Waals surface area contributed by atoms with Crippen molar-refractivity contribution in [1.82, 2.24) is 5.32 Å². The van der Waals surface area contributed by atoms with Gasteiger partial charge in [-0.2, -0.15) is 0 Å². The fraction of sp³-hybridized carbons (Fsp3) is 0.133. The summed E-state index contributed by atoms with van der Waals surface area (Å²) in [4.78, 5) is 0. The Balaban J connectivity index is 1.86. The summed E-state index contributed by atoms with van der Waals surface area (Å²) < 4.78 is 12.7. The summed E-state index contributed by atoms with van der Waals surface area (Å²) in [7, 11) is 0. The Kier molecular flexibility index (Phi) is 4.68. The van der Waals surface area contributed by atoms with E-state index in [0.717, 1.165) is 11.1 Å². The highest BCUT2D eigenvalue weighted by Gasteiger charge is 1.99. The topological polar surface area (TPSA) is 70.6 Å². The highest BCUT2D eigenvalue weighted by atomic mass is 19.1. The van der Waals surface area contributed by atoms with E-state index < -0.39 is 0 Å². The molecule has 104 valence electrons. The van der Waals surface area contributed by atoms with E-state index in [1.54, 1.807) is 24.3 Å². The first-order chi connectivity index (χ1) is 9.69. The van der Waals surface area contributed by atoms with Gasteiger partial charge in [-0.15, -0.1) is 0 Å². The van der Waals surface area contributed by atoms with Crippen LogP contribution in [0.3, 0.4) is 0 Å². The molecule has 5 heteroatoms. The molecule has 0 aliphatic carbocycles. The van der Waals surface area contributed by atoms with Gasteiger partial charge in [0.1, 0.15) is 5.82 Å². The number of hydrogen-bond acceptors (Lipinski definition) is 3. The lowest BCUT2D eigenvalue weighted by molar-refractivity contribution is 0.318. The Bertz CT molecular complexity index is 579. The Morgan fingerprint density at radius 3 is 2.00 bits per heavy atom. The molecule has 0 saturated heterocycles. The third kappa shape index (κ3) is 3.80. The Labute approximate surface area is 116 Å². The van der Waals surface area contributed by atoms with E-state index in [1.807, 2.05) is 12.1 Å². The standard InChI is InChI=1S/C15H16FN3O/c16-14-7-3-12(4-8-14)10-18-9-11-1-5-13(6-2-11)15(17)19-20/h1-8,18,20H,9-10H2,(H2,17,19). The molecular formula is C15H16FN3O. The molecule has 0 saturated carbocycles. The molecule has 0 aliphatic rings. The molecule has 0 radical (unpaired) electrons. The van der Waals surface area contributed by atoms with Crippen molar-refractivity contribution < 1.29 is 9.60 Å². The molecule has 2 rings (SSSR count). The molecule has 0 atom stereocenters. The number of nitrogens with two attached hydrogens (primary N) is 1. The smallest absolute Gasteiger partial charge is 0.170 e. The SMILES string of the molecule is NC(=NO)c1ccc(CNCc2ccc(F)cc2)cc1. The van der Waals surface area contributed by atoms with Gasteiger partial charge in [0.25, 0.3) is 0 Å². The molecule has 4 N–H and O–H groups in total. The van der Waals surface area contributed by atoms with Crippen LogP contribution in [0.1, 0.15) is 16.7 Å². The van der Waals surface area contributed by atoms with Crippen molar-refractivity contribution in [3.05, 3.63) is 71.0 Å². The average Bonchev–Trinajstić information content (AvgIpc) is 2.49. The van der Waals surface area contributed by atoms with Gasteiger partial charge in [0.15, 0.2) is 5.84 Å². The quantitative estimate of drug-likeness (QED) is 0.338. The third-order valence-electron chi connectivity index (χ3n) is 2.93. The van der Waals surface area contributed by atoms with Crippen LogP contribution in [-0.2, 0) is 13.1 Å². The number of benzene rings is 2. The monoisotopic (exact) mass is 273 g/mol. The minimum atomic E-state index is -0.229. The van der Waals surface area contributed by atoms with E-state index in [2.05, 4.69) is 10.5 Å². The van der Waals surface area contributed by atoms with Crippen LogP contribution >= 0.6 is 0 Å². The van der Waals surface area contributed by atoms with Crippen LogP contribution in [0.25, 0.3) is 0 Å². The van der Waals surface area contributed by atoms with Crippen molar-refractivity contribution in [1.29, 1.82) is 0 Å². The minimum absolute atomic E-state index is 0.0934. The molecule has 20 heavy (non-hydrogen) atoms. The second kappa shape index (κ2) is 6.68. The fourth-order valence-corrected chi connectivity index (χ4v) is 1.80. The molecule has 0 aliphatic heterocycles. The number of nitrogens with zero attached hydrogens (tertiary/aromatic N) is 1. The molecule has 0 unspecified atom stereocenters. The number of nitrogens with one attached hydrogen (secondary N) is 1. The van der Waals surface area contributed by atoms with Crippen LogP contribution < -0.4 is 11.1 Å². The molecule has 0 spiro atoms. The van der Waals surface area contributed by atoms with E-state index >= 15 is 0 Å². The van der Waals surface area contributed by atoms with Gasteiger partial charge in [0.05, 0.1) is 0 Å². The molecule has 0 fully saturated rings. The lowest BCUT2D eigenvalue weighted by Crippen LogP contribution is -2.14. The summed E-state index contributed by atoms with van der Waals surface area (Å²) >= 11 is 0. The summed E-state index contributed by atoms with van der Waals surface area (Å²) in [6, 6.07) is 13.8. The van der Waals surface area contributed by atoms with Gasteiger partial charge in [0.2, 0.25) is 0 Å². The van der Waals surface area contributed by atoms with Crippen LogP contribution in [0, 0.1) is 5.82 Å². The van der Waals surface area contributed by atoms with E-state index in [9.17, 15) is 4.39 Å². The van der Waals surface area contributed by atoms with Crippen molar-refractivity contribution in [2.75, 3.05) is 0 Å². The molecule has 4 nitrogen and oxygen atoms in total. The van der Waals surface area contributed by atoms with Gasteiger partial charge in [-0.1, -0.05) is 41.6 Å². The van der Waals surface area contributed by atoms with Crippen molar-refractivity contribution in [3.63, 3.8) is 0 Å². The molecule has 2 aromatic rings. The fourth-order valence-electron chi connectivity index (χ4n) is 1.80. The first-order valence-electron chi connectivity index (χ1n) is 6.21. The Hall–Kier alpha value is -2.40. The number of halogens is 1.